The minimum Gasteiger partial charge on any atom is -0.457 e. The fourth-order valence-electron chi connectivity index (χ4n) is 2.36. The van der Waals surface area contributed by atoms with Crippen molar-refractivity contribution in [3.05, 3.63) is 87.9 Å². The monoisotopic (exact) mass is 395 g/mol. The second-order valence-corrected chi connectivity index (χ2v) is 6.77. The summed E-state index contributed by atoms with van der Waals surface area (Å²) in [6.07, 6.45) is 0. The van der Waals surface area contributed by atoms with Crippen molar-refractivity contribution in [2.75, 3.05) is 5.32 Å². The van der Waals surface area contributed by atoms with Crippen LogP contribution in [0.25, 0.3) is 0 Å². The minimum absolute atomic E-state index is 0.143. The second kappa shape index (κ2) is 7.53. The molecule has 126 valence electrons. The summed E-state index contributed by atoms with van der Waals surface area (Å²) in [7, 11) is 0. The van der Waals surface area contributed by atoms with Crippen LogP contribution in [0.2, 0.25) is 0 Å². The number of hydrogen-bond donors (Lipinski definition) is 1. The Morgan fingerprint density at radius 1 is 0.920 bits per heavy atom. The van der Waals surface area contributed by atoms with Gasteiger partial charge in [-0.25, -0.2) is 0 Å². The lowest BCUT2D eigenvalue weighted by Crippen LogP contribution is -2.11. The maximum Gasteiger partial charge on any atom is 0.255 e. The van der Waals surface area contributed by atoms with Crippen LogP contribution in [-0.2, 0) is 0 Å². The van der Waals surface area contributed by atoms with Gasteiger partial charge in [-0.15, -0.1) is 0 Å². The summed E-state index contributed by atoms with van der Waals surface area (Å²) in [6.45, 7) is 4.05. The van der Waals surface area contributed by atoms with Gasteiger partial charge < -0.3 is 10.1 Å². The van der Waals surface area contributed by atoms with Crippen LogP contribution in [0.4, 0.5) is 5.69 Å². The van der Waals surface area contributed by atoms with E-state index in [-0.39, 0.29) is 5.91 Å². The van der Waals surface area contributed by atoms with Gasteiger partial charge in [-0.2, -0.15) is 0 Å². The average Bonchev–Trinajstić information content (AvgIpc) is 2.60. The number of carbonyl (C=O) groups is 1. The van der Waals surface area contributed by atoms with Gasteiger partial charge in [0.05, 0.1) is 0 Å². The highest BCUT2D eigenvalue weighted by molar-refractivity contribution is 9.10. The van der Waals surface area contributed by atoms with Gasteiger partial charge in [-0.1, -0.05) is 28.1 Å². The van der Waals surface area contributed by atoms with Gasteiger partial charge >= 0.3 is 0 Å². The maximum atomic E-state index is 12.2. The van der Waals surface area contributed by atoms with Crippen molar-refractivity contribution in [2.24, 2.45) is 0 Å². The first-order chi connectivity index (χ1) is 12.0. The molecule has 0 aromatic heterocycles. The van der Waals surface area contributed by atoms with E-state index in [2.05, 4.69) is 27.3 Å². The highest BCUT2D eigenvalue weighted by atomic mass is 79.9. The number of anilines is 1. The standard InChI is InChI=1S/C21H18BrNO2/c1-14-3-4-15(2)20(13-14)25-19-11-9-18(10-12-19)23-21(24)16-5-7-17(22)8-6-16/h3-13H,1-2H3,(H,23,24). The molecule has 0 heterocycles. The van der Waals surface area contributed by atoms with E-state index in [0.717, 1.165) is 32.8 Å². The number of benzene rings is 3. The van der Waals surface area contributed by atoms with Gasteiger partial charge in [-0.05, 0) is 79.6 Å². The lowest BCUT2D eigenvalue weighted by Gasteiger charge is -2.11. The predicted octanol–water partition coefficient (Wildman–Crippen LogP) is 6.11. The Bertz CT molecular complexity index is 887. The number of rotatable bonds is 4. The molecule has 3 aromatic carbocycles. The summed E-state index contributed by atoms with van der Waals surface area (Å²) in [5, 5.41) is 2.88. The molecule has 25 heavy (non-hydrogen) atoms. The Kier molecular flexibility index (Phi) is 5.19. The van der Waals surface area contributed by atoms with Crippen LogP contribution in [0.5, 0.6) is 11.5 Å². The van der Waals surface area contributed by atoms with E-state index in [0.29, 0.717) is 5.56 Å². The summed E-state index contributed by atoms with van der Waals surface area (Å²) >= 11 is 3.36. The number of carbonyl (C=O) groups excluding carboxylic acids is 1. The number of amides is 1. The summed E-state index contributed by atoms with van der Waals surface area (Å²) in [6, 6.07) is 20.7. The van der Waals surface area contributed by atoms with Crippen molar-refractivity contribution in [1.29, 1.82) is 0 Å². The minimum atomic E-state index is -0.143. The van der Waals surface area contributed by atoms with Gasteiger partial charge in [0, 0.05) is 15.7 Å². The first kappa shape index (κ1) is 17.2. The van der Waals surface area contributed by atoms with Crippen LogP contribution >= 0.6 is 15.9 Å². The zero-order valence-electron chi connectivity index (χ0n) is 14.0. The summed E-state index contributed by atoms with van der Waals surface area (Å²) in [5.41, 5.74) is 3.57. The molecule has 0 bridgehead atoms. The number of nitrogens with one attached hydrogen (secondary N) is 1. The van der Waals surface area contributed by atoms with E-state index in [4.69, 9.17) is 4.74 Å². The third kappa shape index (κ3) is 4.48. The molecule has 0 atom stereocenters. The Hall–Kier alpha value is -2.59. The van der Waals surface area contributed by atoms with Crippen LogP contribution in [-0.4, -0.2) is 5.91 Å². The first-order valence-electron chi connectivity index (χ1n) is 7.93. The summed E-state index contributed by atoms with van der Waals surface area (Å²) in [4.78, 5) is 12.2. The highest BCUT2D eigenvalue weighted by Crippen LogP contribution is 2.27. The van der Waals surface area contributed by atoms with Crippen LogP contribution in [0, 0.1) is 13.8 Å². The Labute approximate surface area is 155 Å². The molecule has 4 heteroatoms. The topological polar surface area (TPSA) is 38.3 Å². The Balaban J connectivity index is 1.68. The number of ether oxygens (including phenoxy) is 1. The summed E-state index contributed by atoms with van der Waals surface area (Å²) < 4.78 is 6.87. The van der Waals surface area contributed by atoms with E-state index in [1.54, 1.807) is 12.1 Å². The van der Waals surface area contributed by atoms with Crippen molar-refractivity contribution in [3.63, 3.8) is 0 Å². The molecule has 0 aliphatic carbocycles. The number of hydrogen-bond acceptors (Lipinski definition) is 2. The van der Waals surface area contributed by atoms with Crippen LogP contribution in [0.3, 0.4) is 0 Å². The molecule has 0 saturated heterocycles. The third-order valence-electron chi connectivity index (χ3n) is 3.79. The molecule has 0 unspecified atom stereocenters. The summed E-state index contributed by atoms with van der Waals surface area (Å²) in [5.74, 6) is 1.43. The molecule has 0 saturated carbocycles. The van der Waals surface area contributed by atoms with E-state index in [1.165, 1.54) is 0 Å². The van der Waals surface area contributed by atoms with Crippen molar-refractivity contribution < 1.29 is 9.53 Å². The van der Waals surface area contributed by atoms with Crippen molar-refractivity contribution >= 4 is 27.5 Å². The molecular weight excluding hydrogens is 378 g/mol. The smallest absolute Gasteiger partial charge is 0.255 e. The molecule has 0 aliphatic rings. The van der Waals surface area contributed by atoms with Gasteiger partial charge in [0.1, 0.15) is 11.5 Å². The third-order valence-corrected chi connectivity index (χ3v) is 4.32. The van der Waals surface area contributed by atoms with Gasteiger partial charge in [-0.3, -0.25) is 4.79 Å². The Morgan fingerprint density at radius 2 is 1.60 bits per heavy atom. The lowest BCUT2D eigenvalue weighted by atomic mass is 10.1. The van der Waals surface area contributed by atoms with Crippen LogP contribution in [0.15, 0.2) is 71.2 Å². The van der Waals surface area contributed by atoms with Crippen molar-refractivity contribution in [3.8, 4) is 11.5 Å². The van der Waals surface area contributed by atoms with E-state index >= 15 is 0 Å². The Morgan fingerprint density at radius 3 is 2.28 bits per heavy atom. The zero-order chi connectivity index (χ0) is 17.8. The molecule has 3 nitrogen and oxygen atoms in total. The molecule has 0 radical (unpaired) electrons. The predicted molar refractivity (Wildman–Crippen MR) is 105 cm³/mol. The molecule has 0 spiro atoms. The normalized spacial score (nSPS) is 10.4. The SMILES string of the molecule is Cc1ccc(C)c(Oc2ccc(NC(=O)c3ccc(Br)cc3)cc2)c1. The molecule has 1 amide bonds. The number of halogens is 1. The van der Waals surface area contributed by atoms with Crippen molar-refractivity contribution in [2.45, 2.75) is 13.8 Å². The fourth-order valence-corrected chi connectivity index (χ4v) is 2.62. The van der Waals surface area contributed by atoms with Gasteiger partial charge in [0.25, 0.3) is 5.91 Å². The molecule has 3 rings (SSSR count). The largest absolute Gasteiger partial charge is 0.457 e. The molecule has 1 N–H and O–H groups in total. The van der Waals surface area contributed by atoms with Crippen LogP contribution in [0.1, 0.15) is 21.5 Å². The molecular formula is C21H18BrNO2. The molecule has 3 aromatic rings. The van der Waals surface area contributed by atoms with E-state index < -0.39 is 0 Å². The first-order valence-corrected chi connectivity index (χ1v) is 8.73. The van der Waals surface area contributed by atoms with Gasteiger partial charge in [0.15, 0.2) is 0 Å². The molecule has 0 fully saturated rings. The zero-order valence-corrected chi connectivity index (χ0v) is 15.6. The van der Waals surface area contributed by atoms with Crippen molar-refractivity contribution in [1.82, 2.24) is 0 Å². The second-order valence-electron chi connectivity index (χ2n) is 5.86. The average molecular weight is 396 g/mol. The van der Waals surface area contributed by atoms with Gasteiger partial charge in [0.2, 0.25) is 0 Å². The van der Waals surface area contributed by atoms with E-state index in [1.807, 2.05) is 62.4 Å². The highest BCUT2D eigenvalue weighted by Gasteiger charge is 2.07. The maximum absolute atomic E-state index is 12.2. The fraction of sp³-hybridized carbons (Fsp3) is 0.0952. The quantitative estimate of drug-likeness (QED) is 0.578. The lowest BCUT2D eigenvalue weighted by molar-refractivity contribution is 0.102. The molecule has 0 aliphatic heterocycles. The number of aryl methyl sites for hydroxylation is 2. The van der Waals surface area contributed by atoms with E-state index in [9.17, 15) is 4.79 Å². The van der Waals surface area contributed by atoms with Crippen LogP contribution < -0.4 is 10.1 Å².